The van der Waals surface area contributed by atoms with Gasteiger partial charge in [-0.25, -0.2) is 4.39 Å². The van der Waals surface area contributed by atoms with Crippen LogP contribution in [0.15, 0.2) is 48.5 Å². The highest BCUT2D eigenvalue weighted by atomic mass is 19.1. The molecule has 0 saturated carbocycles. The Labute approximate surface area is 146 Å². The molecule has 0 spiro atoms. The van der Waals surface area contributed by atoms with E-state index in [1.807, 2.05) is 42.3 Å². The Balaban J connectivity index is 2.02. The number of carbonyl (C=O) groups is 2. The van der Waals surface area contributed by atoms with Crippen molar-refractivity contribution in [2.24, 2.45) is 0 Å². The summed E-state index contributed by atoms with van der Waals surface area (Å²) in [4.78, 5) is 25.4. The highest BCUT2D eigenvalue weighted by Gasteiger charge is 2.18. The van der Waals surface area contributed by atoms with Gasteiger partial charge < -0.3 is 10.6 Å². The van der Waals surface area contributed by atoms with Gasteiger partial charge >= 0.3 is 0 Å². The number of carbonyl (C=O) groups excluding carboxylic acids is 2. The maximum atomic E-state index is 13.7. The van der Waals surface area contributed by atoms with Crippen LogP contribution in [0.3, 0.4) is 0 Å². The molecule has 2 aromatic carbocycles. The standard InChI is InChI=1S/C19H22FN3O2/c1-13(23(3)12-15-7-5-4-6-8-15)19(25)22-16-9-10-17(20)18(11-16)21-14(2)24/h4-11,13H,12H2,1-3H3,(H,21,24)(H,22,25)/t13-/m0/s1. The Morgan fingerprint density at radius 3 is 2.44 bits per heavy atom. The highest BCUT2D eigenvalue weighted by molar-refractivity contribution is 5.96. The van der Waals surface area contributed by atoms with E-state index in [4.69, 9.17) is 0 Å². The molecule has 0 unspecified atom stereocenters. The summed E-state index contributed by atoms with van der Waals surface area (Å²) in [6.45, 7) is 3.73. The molecule has 0 saturated heterocycles. The van der Waals surface area contributed by atoms with Crippen molar-refractivity contribution in [3.8, 4) is 0 Å². The van der Waals surface area contributed by atoms with Crippen LogP contribution in [0.25, 0.3) is 0 Å². The van der Waals surface area contributed by atoms with Gasteiger partial charge in [0.15, 0.2) is 0 Å². The molecule has 0 aliphatic rings. The number of amides is 2. The summed E-state index contributed by atoms with van der Waals surface area (Å²) in [5, 5.41) is 5.15. The number of halogens is 1. The van der Waals surface area contributed by atoms with E-state index in [9.17, 15) is 14.0 Å². The lowest BCUT2D eigenvalue weighted by molar-refractivity contribution is -0.120. The predicted octanol–water partition coefficient (Wildman–Crippen LogP) is 3.24. The third-order valence-electron chi connectivity index (χ3n) is 3.86. The van der Waals surface area contributed by atoms with Crippen molar-refractivity contribution in [1.82, 2.24) is 4.90 Å². The first kappa shape index (κ1) is 18.6. The van der Waals surface area contributed by atoms with Gasteiger partial charge in [-0.3, -0.25) is 14.5 Å². The molecule has 1 atom stereocenters. The average Bonchev–Trinajstić information content (AvgIpc) is 2.57. The van der Waals surface area contributed by atoms with Crippen LogP contribution in [-0.2, 0) is 16.1 Å². The van der Waals surface area contributed by atoms with Crippen molar-refractivity contribution in [3.63, 3.8) is 0 Å². The van der Waals surface area contributed by atoms with E-state index in [0.717, 1.165) is 5.56 Å². The second-order valence-corrected chi connectivity index (χ2v) is 5.94. The van der Waals surface area contributed by atoms with Gasteiger partial charge in [-0.1, -0.05) is 30.3 Å². The fourth-order valence-electron chi connectivity index (χ4n) is 2.34. The summed E-state index contributed by atoms with van der Waals surface area (Å²) < 4.78 is 13.7. The van der Waals surface area contributed by atoms with Gasteiger partial charge in [0.2, 0.25) is 11.8 Å². The number of rotatable bonds is 6. The first-order chi connectivity index (χ1) is 11.9. The molecule has 0 aliphatic carbocycles. The van der Waals surface area contributed by atoms with Crippen molar-refractivity contribution < 1.29 is 14.0 Å². The van der Waals surface area contributed by atoms with Gasteiger partial charge in [0, 0.05) is 19.2 Å². The lowest BCUT2D eigenvalue weighted by Gasteiger charge is -2.24. The van der Waals surface area contributed by atoms with Crippen molar-refractivity contribution in [1.29, 1.82) is 0 Å². The monoisotopic (exact) mass is 343 g/mol. The quantitative estimate of drug-likeness (QED) is 0.846. The number of nitrogens with zero attached hydrogens (tertiary/aromatic N) is 1. The Hall–Kier alpha value is -2.73. The number of hydrogen-bond donors (Lipinski definition) is 2. The Morgan fingerprint density at radius 1 is 1.12 bits per heavy atom. The first-order valence-electron chi connectivity index (χ1n) is 7.99. The summed E-state index contributed by atoms with van der Waals surface area (Å²) in [6, 6.07) is 13.5. The minimum Gasteiger partial charge on any atom is -0.325 e. The highest BCUT2D eigenvalue weighted by Crippen LogP contribution is 2.20. The van der Waals surface area contributed by atoms with Crippen LogP contribution < -0.4 is 10.6 Å². The smallest absolute Gasteiger partial charge is 0.241 e. The first-order valence-corrected chi connectivity index (χ1v) is 7.99. The molecule has 0 fully saturated rings. The molecule has 25 heavy (non-hydrogen) atoms. The number of nitrogens with one attached hydrogen (secondary N) is 2. The van der Waals surface area contributed by atoms with Crippen LogP contribution in [0, 0.1) is 5.82 Å². The second-order valence-electron chi connectivity index (χ2n) is 5.94. The van der Waals surface area contributed by atoms with E-state index in [1.165, 1.54) is 25.1 Å². The number of benzene rings is 2. The minimum atomic E-state index is -0.553. The van der Waals surface area contributed by atoms with E-state index in [-0.39, 0.29) is 23.5 Å². The van der Waals surface area contributed by atoms with Crippen LogP contribution in [-0.4, -0.2) is 29.8 Å². The maximum Gasteiger partial charge on any atom is 0.241 e. The molecule has 2 aromatic rings. The summed E-state index contributed by atoms with van der Waals surface area (Å²) in [5.41, 5.74) is 1.57. The summed E-state index contributed by atoms with van der Waals surface area (Å²) in [5.74, 6) is -1.14. The molecule has 6 heteroatoms. The zero-order valence-electron chi connectivity index (χ0n) is 14.5. The fraction of sp³-hybridized carbons (Fsp3) is 0.263. The zero-order valence-corrected chi connectivity index (χ0v) is 14.5. The van der Waals surface area contributed by atoms with Crippen LogP contribution in [0.5, 0.6) is 0 Å². The van der Waals surface area contributed by atoms with Gasteiger partial charge in [0.1, 0.15) is 5.82 Å². The molecule has 132 valence electrons. The third kappa shape index (κ3) is 5.39. The Morgan fingerprint density at radius 2 is 1.80 bits per heavy atom. The molecule has 2 amide bonds. The SMILES string of the molecule is CC(=O)Nc1cc(NC(=O)[C@H](C)N(C)Cc2ccccc2)ccc1F. The summed E-state index contributed by atoms with van der Waals surface area (Å²) in [6.07, 6.45) is 0. The van der Waals surface area contributed by atoms with Gasteiger partial charge in [-0.05, 0) is 37.7 Å². The second kappa shape index (κ2) is 8.39. The molecule has 0 bridgehead atoms. The average molecular weight is 343 g/mol. The molecule has 2 N–H and O–H groups in total. The predicted molar refractivity (Wildman–Crippen MR) is 96.7 cm³/mol. The summed E-state index contributed by atoms with van der Waals surface area (Å²) >= 11 is 0. The Kier molecular flexibility index (Phi) is 6.25. The van der Waals surface area contributed by atoms with Crippen molar-refractivity contribution in [2.75, 3.05) is 17.7 Å². The van der Waals surface area contributed by atoms with Crippen LogP contribution in [0.2, 0.25) is 0 Å². The van der Waals surface area contributed by atoms with E-state index < -0.39 is 5.82 Å². The van der Waals surface area contributed by atoms with E-state index in [2.05, 4.69) is 10.6 Å². The largest absolute Gasteiger partial charge is 0.325 e. The molecule has 0 aromatic heterocycles. The minimum absolute atomic E-state index is 0.0376. The van der Waals surface area contributed by atoms with Crippen molar-refractivity contribution in [2.45, 2.75) is 26.4 Å². The maximum absolute atomic E-state index is 13.7. The molecule has 0 aliphatic heterocycles. The lowest BCUT2D eigenvalue weighted by atomic mass is 10.2. The van der Waals surface area contributed by atoms with Gasteiger partial charge in [-0.2, -0.15) is 0 Å². The third-order valence-corrected chi connectivity index (χ3v) is 3.86. The lowest BCUT2D eigenvalue weighted by Crippen LogP contribution is -2.39. The van der Waals surface area contributed by atoms with Crippen LogP contribution in [0.1, 0.15) is 19.4 Å². The molecular weight excluding hydrogens is 321 g/mol. The number of anilines is 2. The molecule has 0 radical (unpaired) electrons. The topological polar surface area (TPSA) is 61.4 Å². The molecular formula is C19H22FN3O2. The number of hydrogen-bond acceptors (Lipinski definition) is 3. The van der Waals surface area contributed by atoms with Gasteiger partial charge in [0.25, 0.3) is 0 Å². The Bertz CT molecular complexity index is 750. The van der Waals surface area contributed by atoms with E-state index in [1.54, 1.807) is 6.92 Å². The van der Waals surface area contributed by atoms with Crippen molar-refractivity contribution in [3.05, 3.63) is 59.9 Å². The van der Waals surface area contributed by atoms with E-state index in [0.29, 0.717) is 12.2 Å². The van der Waals surface area contributed by atoms with Gasteiger partial charge in [-0.15, -0.1) is 0 Å². The van der Waals surface area contributed by atoms with Crippen LogP contribution in [0.4, 0.5) is 15.8 Å². The summed E-state index contributed by atoms with van der Waals surface area (Å²) in [7, 11) is 1.87. The van der Waals surface area contributed by atoms with Crippen molar-refractivity contribution >= 4 is 23.2 Å². The molecule has 5 nitrogen and oxygen atoms in total. The number of likely N-dealkylation sites (N-methyl/N-ethyl adjacent to an activating group) is 1. The zero-order chi connectivity index (χ0) is 18.4. The van der Waals surface area contributed by atoms with Crippen LogP contribution >= 0.6 is 0 Å². The molecule has 2 rings (SSSR count). The van der Waals surface area contributed by atoms with Gasteiger partial charge in [0.05, 0.1) is 11.7 Å². The molecule has 0 heterocycles. The fourth-order valence-corrected chi connectivity index (χ4v) is 2.34. The van der Waals surface area contributed by atoms with E-state index >= 15 is 0 Å². The normalized spacial score (nSPS) is 11.9.